The van der Waals surface area contributed by atoms with Crippen molar-refractivity contribution in [3.63, 3.8) is 0 Å². The maximum Gasteiger partial charge on any atom is 0.0217 e. The summed E-state index contributed by atoms with van der Waals surface area (Å²) in [5.74, 6) is 0. The SMILES string of the molecule is C=CCCCN(C)C(CCC)CNCCC. The summed E-state index contributed by atoms with van der Waals surface area (Å²) in [5.41, 5.74) is 0. The Balaban J connectivity index is 3.81. The number of hydrogen-bond donors (Lipinski definition) is 1. The van der Waals surface area contributed by atoms with E-state index in [4.69, 9.17) is 0 Å². The third-order valence-corrected chi connectivity index (χ3v) is 2.97. The summed E-state index contributed by atoms with van der Waals surface area (Å²) < 4.78 is 0. The zero-order chi connectivity index (χ0) is 12.2. The number of likely N-dealkylation sites (N-methyl/N-ethyl adjacent to an activating group) is 1. The molecule has 0 amide bonds. The zero-order valence-corrected chi connectivity index (χ0v) is 11.5. The van der Waals surface area contributed by atoms with Crippen molar-refractivity contribution in [3.05, 3.63) is 12.7 Å². The molecular formula is C14H30N2. The Kier molecular flexibility index (Phi) is 10.9. The second kappa shape index (κ2) is 11.2. The van der Waals surface area contributed by atoms with Crippen molar-refractivity contribution in [2.24, 2.45) is 0 Å². The van der Waals surface area contributed by atoms with Crippen LogP contribution in [0.4, 0.5) is 0 Å². The van der Waals surface area contributed by atoms with E-state index in [-0.39, 0.29) is 0 Å². The molecule has 0 heterocycles. The molecule has 1 unspecified atom stereocenters. The number of unbranched alkanes of at least 4 members (excludes halogenated alkanes) is 1. The van der Waals surface area contributed by atoms with E-state index < -0.39 is 0 Å². The molecule has 0 saturated carbocycles. The molecule has 2 heteroatoms. The minimum atomic E-state index is 0.696. The summed E-state index contributed by atoms with van der Waals surface area (Å²) in [5, 5.41) is 3.53. The Morgan fingerprint density at radius 1 is 1.31 bits per heavy atom. The summed E-state index contributed by atoms with van der Waals surface area (Å²) in [6.45, 7) is 11.7. The first kappa shape index (κ1) is 15.7. The van der Waals surface area contributed by atoms with Crippen LogP contribution in [-0.4, -0.2) is 37.6 Å². The molecule has 0 fully saturated rings. The van der Waals surface area contributed by atoms with E-state index in [1.807, 2.05) is 6.08 Å². The fraction of sp³-hybridized carbons (Fsp3) is 0.857. The fourth-order valence-electron chi connectivity index (χ4n) is 1.92. The van der Waals surface area contributed by atoms with Crippen LogP contribution in [0.3, 0.4) is 0 Å². The molecule has 0 aromatic carbocycles. The molecular weight excluding hydrogens is 196 g/mol. The summed E-state index contributed by atoms with van der Waals surface area (Å²) >= 11 is 0. The van der Waals surface area contributed by atoms with Gasteiger partial charge in [-0.25, -0.2) is 0 Å². The van der Waals surface area contributed by atoms with Crippen molar-refractivity contribution >= 4 is 0 Å². The molecule has 1 atom stereocenters. The highest BCUT2D eigenvalue weighted by Gasteiger charge is 2.12. The highest BCUT2D eigenvalue weighted by Crippen LogP contribution is 2.06. The normalized spacial score (nSPS) is 13.0. The number of nitrogens with zero attached hydrogens (tertiary/aromatic N) is 1. The van der Waals surface area contributed by atoms with Crippen molar-refractivity contribution in [2.75, 3.05) is 26.7 Å². The van der Waals surface area contributed by atoms with E-state index in [2.05, 4.69) is 37.7 Å². The average molecular weight is 226 g/mol. The van der Waals surface area contributed by atoms with Crippen LogP contribution in [0.2, 0.25) is 0 Å². The minimum Gasteiger partial charge on any atom is -0.315 e. The first-order valence-electron chi connectivity index (χ1n) is 6.78. The minimum absolute atomic E-state index is 0.696. The number of hydrogen-bond acceptors (Lipinski definition) is 2. The van der Waals surface area contributed by atoms with Crippen molar-refractivity contribution in [3.8, 4) is 0 Å². The largest absolute Gasteiger partial charge is 0.315 e. The van der Waals surface area contributed by atoms with Gasteiger partial charge < -0.3 is 10.2 Å². The summed E-state index contributed by atoms with van der Waals surface area (Å²) in [6, 6.07) is 0.696. The van der Waals surface area contributed by atoms with Crippen molar-refractivity contribution < 1.29 is 0 Å². The van der Waals surface area contributed by atoms with Gasteiger partial charge in [0.05, 0.1) is 0 Å². The standard InChI is InChI=1S/C14H30N2/c1-5-8-9-12-16(4)14(10-6-2)13-15-11-7-3/h5,14-15H,1,6-13H2,2-4H3. The van der Waals surface area contributed by atoms with Gasteiger partial charge in [0.1, 0.15) is 0 Å². The van der Waals surface area contributed by atoms with Gasteiger partial charge in [-0.2, -0.15) is 0 Å². The molecule has 1 N–H and O–H groups in total. The van der Waals surface area contributed by atoms with E-state index in [0.29, 0.717) is 6.04 Å². The topological polar surface area (TPSA) is 15.3 Å². The lowest BCUT2D eigenvalue weighted by atomic mass is 10.1. The van der Waals surface area contributed by atoms with Gasteiger partial charge in [0, 0.05) is 12.6 Å². The average Bonchev–Trinajstić information content (AvgIpc) is 2.28. The molecule has 0 radical (unpaired) electrons. The maximum atomic E-state index is 3.77. The molecule has 0 aromatic heterocycles. The second-order valence-corrected chi connectivity index (χ2v) is 4.56. The van der Waals surface area contributed by atoms with Crippen LogP contribution in [0.15, 0.2) is 12.7 Å². The highest BCUT2D eigenvalue weighted by molar-refractivity contribution is 4.73. The molecule has 2 nitrogen and oxygen atoms in total. The van der Waals surface area contributed by atoms with Gasteiger partial charge in [-0.3, -0.25) is 0 Å². The smallest absolute Gasteiger partial charge is 0.0217 e. The van der Waals surface area contributed by atoms with Crippen LogP contribution in [0.25, 0.3) is 0 Å². The van der Waals surface area contributed by atoms with Gasteiger partial charge in [-0.05, 0) is 45.8 Å². The first-order chi connectivity index (χ1) is 7.76. The van der Waals surface area contributed by atoms with Gasteiger partial charge >= 0.3 is 0 Å². The Labute approximate surface area is 102 Å². The maximum absolute atomic E-state index is 3.77. The van der Waals surface area contributed by atoms with Gasteiger partial charge in [-0.1, -0.05) is 26.3 Å². The molecule has 0 bridgehead atoms. The van der Waals surface area contributed by atoms with Gasteiger partial charge in [0.2, 0.25) is 0 Å². The Bertz CT molecular complexity index is 157. The first-order valence-corrected chi connectivity index (χ1v) is 6.78. The fourth-order valence-corrected chi connectivity index (χ4v) is 1.92. The lowest BCUT2D eigenvalue weighted by Crippen LogP contribution is -2.40. The number of allylic oxidation sites excluding steroid dienone is 1. The van der Waals surface area contributed by atoms with E-state index in [1.165, 1.54) is 32.2 Å². The predicted octanol–water partition coefficient (Wildman–Crippen LogP) is 3.05. The van der Waals surface area contributed by atoms with E-state index >= 15 is 0 Å². The molecule has 96 valence electrons. The number of rotatable bonds is 11. The Morgan fingerprint density at radius 2 is 2.06 bits per heavy atom. The van der Waals surface area contributed by atoms with E-state index in [9.17, 15) is 0 Å². The summed E-state index contributed by atoms with van der Waals surface area (Å²) in [6.07, 6.45) is 8.15. The van der Waals surface area contributed by atoms with Crippen LogP contribution in [0.1, 0.15) is 46.0 Å². The molecule has 0 spiro atoms. The van der Waals surface area contributed by atoms with Gasteiger partial charge in [-0.15, -0.1) is 6.58 Å². The molecule has 0 rings (SSSR count). The molecule has 0 aromatic rings. The molecule has 0 aliphatic rings. The third-order valence-electron chi connectivity index (χ3n) is 2.97. The summed E-state index contributed by atoms with van der Waals surface area (Å²) in [7, 11) is 2.25. The quantitative estimate of drug-likeness (QED) is 0.430. The lowest BCUT2D eigenvalue weighted by Gasteiger charge is -2.28. The van der Waals surface area contributed by atoms with Crippen LogP contribution < -0.4 is 5.32 Å². The second-order valence-electron chi connectivity index (χ2n) is 4.56. The lowest BCUT2D eigenvalue weighted by molar-refractivity contribution is 0.221. The van der Waals surface area contributed by atoms with Crippen molar-refractivity contribution in [2.45, 2.75) is 52.0 Å². The molecule has 0 saturated heterocycles. The monoisotopic (exact) mass is 226 g/mol. The van der Waals surface area contributed by atoms with Gasteiger partial charge in [0.15, 0.2) is 0 Å². The van der Waals surface area contributed by atoms with E-state index in [0.717, 1.165) is 19.5 Å². The predicted molar refractivity (Wildman–Crippen MR) is 73.9 cm³/mol. The molecule has 0 aliphatic heterocycles. The highest BCUT2D eigenvalue weighted by atomic mass is 15.1. The molecule has 0 aliphatic carbocycles. The zero-order valence-electron chi connectivity index (χ0n) is 11.5. The van der Waals surface area contributed by atoms with Crippen LogP contribution in [0, 0.1) is 0 Å². The third kappa shape index (κ3) is 7.89. The van der Waals surface area contributed by atoms with Gasteiger partial charge in [0.25, 0.3) is 0 Å². The molecule has 16 heavy (non-hydrogen) atoms. The summed E-state index contributed by atoms with van der Waals surface area (Å²) in [4.78, 5) is 2.50. The number of nitrogens with one attached hydrogen (secondary N) is 1. The Morgan fingerprint density at radius 3 is 2.62 bits per heavy atom. The van der Waals surface area contributed by atoms with Crippen LogP contribution in [-0.2, 0) is 0 Å². The van der Waals surface area contributed by atoms with Crippen LogP contribution >= 0.6 is 0 Å². The van der Waals surface area contributed by atoms with Crippen molar-refractivity contribution in [1.29, 1.82) is 0 Å². The van der Waals surface area contributed by atoms with Crippen LogP contribution in [0.5, 0.6) is 0 Å². The van der Waals surface area contributed by atoms with E-state index in [1.54, 1.807) is 0 Å². The van der Waals surface area contributed by atoms with Crippen molar-refractivity contribution in [1.82, 2.24) is 10.2 Å². The Hall–Kier alpha value is -0.340.